The number of methoxy groups -OCH3 is 2. The highest BCUT2D eigenvalue weighted by Gasteiger charge is 2.18. The van der Waals surface area contributed by atoms with Crippen LogP contribution < -0.4 is 14.6 Å². The van der Waals surface area contributed by atoms with E-state index in [0.717, 1.165) is 5.56 Å². The van der Waals surface area contributed by atoms with E-state index in [1.807, 2.05) is 0 Å². The molecule has 0 saturated heterocycles. The maximum absolute atomic E-state index is 11.2. The van der Waals surface area contributed by atoms with Crippen LogP contribution in [0.4, 0.5) is 0 Å². The molecule has 96 valence electrons. The van der Waals surface area contributed by atoms with E-state index in [1.54, 1.807) is 32.2 Å². The van der Waals surface area contributed by atoms with Crippen LogP contribution in [0.3, 0.4) is 0 Å². The normalized spacial score (nSPS) is 13.2. The maximum atomic E-state index is 11.2. The fraction of sp³-hybridized carbons (Fsp3) is 0.455. The van der Waals surface area contributed by atoms with E-state index in [0.29, 0.717) is 17.9 Å². The number of benzene rings is 1. The zero-order chi connectivity index (χ0) is 13.1. The van der Waals surface area contributed by atoms with Crippen LogP contribution >= 0.6 is 0 Å². The van der Waals surface area contributed by atoms with Crippen molar-refractivity contribution in [1.82, 2.24) is 0 Å². The minimum Gasteiger partial charge on any atom is -0.497 e. The van der Waals surface area contributed by atoms with Crippen LogP contribution in [0.25, 0.3) is 0 Å². The summed E-state index contributed by atoms with van der Waals surface area (Å²) in [6.45, 7) is 1.57. The smallest absolute Gasteiger partial charge is 0.212 e. The number of hydrogen-bond donors (Lipinski definition) is 1. The Kier molecular flexibility index (Phi) is 4.36. The van der Waals surface area contributed by atoms with Gasteiger partial charge in [-0.25, -0.2) is 13.6 Å². The van der Waals surface area contributed by atoms with Crippen molar-refractivity contribution in [3.05, 3.63) is 23.8 Å². The zero-order valence-corrected chi connectivity index (χ0v) is 11.0. The zero-order valence-electron chi connectivity index (χ0n) is 10.1. The lowest BCUT2D eigenvalue weighted by Crippen LogP contribution is -2.27. The fourth-order valence-electron chi connectivity index (χ4n) is 1.45. The Labute approximate surface area is 102 Å². The third kappa shape index (κ3) is 3.61. The topological polar surface area (TPSA) is 78.6 Å². The van der Waals surface area contributed by atoms with Crippen LogP contribution in [0.2, 0.25) is 0 Å². The van der Waals surface area contributed by atoms with Crippen LogP contribution in [0.15, 0.2) is 18.2 Å². The first-order valence-electron chi connectivity index (χ1n) is 5.11. The van der Waals surface area contributed by atoms with E-state index in [1.165, 1.54) is 7.11 Å². The molecule has 1 atom stereocenters. The maximum Gasteiger partial charge on any atom is 0.212 e. The second-order valence-corrected chi connectivity index (χ2v) is 5.76. The van der Waals surface area contributed by atoms with Crippen LogP contribution in [0, 0.1) is 0 Å². The molecule has 0 aliphatic heterocycles. The fourth-order valence-corrected chi connectivity index (χ4v) is 1.86. The van der Waals surface area contributed by atoms with E-state index in [9.17, 15) is 8.42 Å². The molecule has 5 nitrogen and oxygen atoms in total. The molecule has 1 rings (SSSR count). The summed E-state index contributed by atoms with van der Waals surface area (Å²) < 4.78 is 32.6. The summed E-state index contributed by atoms with van der Waals surface area (Å²) in [6.07, 6.45) is 0.312. The quantitative estimate of drug-likeness (QED) is 0.853. The Bertz CT molecular complexity index is 484. The van der Waals surface area contributed by atoms with Crippen molar-refractivity contribution in [1.29, 1.82) is 0 Å². The largest absolute Gasteiger partial charge is 0.497 e. The predicted octanol–water partition coefficient (Wildman–Crippen LogP) is 0.923. The summed E-state index contributed by atoms with van der Waals surface area (Å²) in [5, 5.41) is 4.43. The molecule has 0 aliphatic carbocycles. The summed E-state index contributed by atoms with van der Waals surface area (Å²) in [6, 6.07) is 5.25. The van der Waals surface area contributed by atoms with E-state index >= 15 is 0 Å². The van der Waals surface area contributed by atoms with Crippen LogP contribution in [-0.4, -0.2) is 27.9 Å². The minimum absolute atomic E-state index is 0.312. The predicted molar refractivity (Wildman–Crippen MR) is 65.8 cm³/mol. The van der Waals surface area contributed by atoms with Gasteiger partial charge in [0.15, 0.2) is 0 Å². The van der Waals surface area contributed by atoms with Gasteiger partial charge in [-0.3, -0.25) is 0 Å². The molecular formula is C11H17NO4S. The molecule has 1 aromatic rings. The summed E-state index contributed by atoms with van der Waals surface area (Å²) >= 11 is 0. The van der Waals surface area contributed by atoms with Crippen molar-refractivity contribution < 1.29 is 17.9 Å². The summed E-state index contributed by atoms with van der Waals surface area (Å²) in [7, 11) is -0.444. The van der Waals surface area contributed by atoms with Gasteiger partial charge in [0.1, 0.15) is 11.5 Å². The number of hydrogen-bond acceptors (Lipinski definition) is 4. The molecule has 1 aromatic carbocycles. The Morgan fingerprint density at radius 3 is 2.41 bits per heavy atom. The highest BCUT2D eigenvalue weighted by Crippen LogP contribution is 2.26. The summed E-state index contributed by atoms with van der Waals surface area (Å²) in [5.41, 5.74) is 0.787. The highest BCUT2D eigenvalue weighted by atomic mass is 32.2. The number of nitrogens with two attached hydrogens (primary N) is 1. The highest BCUT2D eigenvalue weighted by molar-refractivity contribution is 7.89. The second-order valence-electron chi connectivity index (χ2n) is 3.78. The molecule has 0 bridgehead atoms. The first kappa shape index (κ1) is 13.8. The molecule has 0 spiro atoms. The average Bonchev–Trinajstić information content (AvgIpc) is 2.28. The first-order chi connectivity index (χ1) is 7.88. The van der Waals surface area contributed by atoms with Crippen molar-refractivity contribution in [3.63, 3.8) is 0 Å². The van der Waals surface area contributed by atoms with Gasteiger partial charge in [-0.05, 0) is 25.0 Å². The molecule has 0 radical (unpaired) electrons. The molecule has 17 heavy (non-hydrogen) atoms. The number of primary sulfonamides is 1. The van der Waals surface area contributed by atoms with Crippen molar-refractivity contribution >= 4 is 10.0 Å². The number of ether oxygens (including phenoxy) is 2. The Hall–Kier alpha value is -1.27. The van der Waals surface area contributed by atoms with E-state index in [2.05, 4.69) is 0 Å². The lowest BCUT2D eigenvalue weighted by Gasteiger charge is -2.13. The average molecular weight is 259 g/mol. The molecule has 0 aliphatic rings. The van der Waals surface area contributed by atoms with Gasteiger partial charge in [-0.1, -0.05) is 6.07 Å². The molecule has 2 N–H and O–H groups in total. The van der Waals surface area contributed by atoms with Gasteiger partial charge in [0.25, 0.3) is 0 Å². The van der Waals surface area contributed by atoms with Crippen LogP contribution in [0.5, 0.6) is 11.5 Å². The van der Waals surface area contributed by atoms with Gasteiger partial charge in [-0.15, -0.1) is 0 Å². The van der Waals surface area contributed by atoms with Gasteiger partial charge in [0.05, 0.1) is 19.5 Å². The third-order valence-electron chi connectivity index (χ3n) is 2.56. The molecule has 0 aromatic heterocycles. The van der Waals surface area contributed by atoms with Crippen molar-refractivity contribution in [2.45, 2.75) is 18.6 Å². The standard InChI is InChI=1S/C11H17NO4S/c1-8(17(12,13)14)6-9-4-5-10(15-2)7-11(9)16-3/h4-5,7-8H,6H2,1-3H3,(H2,12,13,14). The van der Waals surface area contributed by atoms with Gasteiger partial charge in [0.2, 0.25) is 10.0 Å². The lowest BCUT2D eigenvalue weighted by molar-refractivity contribution is 0.391. The van der Waals surface area contributed by atoms with Gasteiger partial charge < -0.3 is 9.47 Å². The first-order valence-corrected chi connectivity index (χ1v) is 6.72. The van der Waals surface area contributed by atoms with Gasteiger partial charge in [0, 0.05) is 6.07 Å². The third-order valence-corrected chi connectivity index (χ3v) is 3.85. The molecule has 0 amide bonds. The molecule has 0 saturated carbocycles. The van der Waals surface area contributed by atoms with E-state index in [4.69, 9.17) is 14.6 Å². The summed E-state index contributed by atoms with van der Waals surface area (Å²) in [5.74, 6) is 1.26. The second kappa shape index (κ2) is 5.37. The molecular weight excluding hydrogens is 242 g/mol. The van der Waals surface area contributed by atoms with Gasteiger partial charge in [-0.2, -0.15) is 0 Å². The van der Waals surface area contributed by atoms with Crippen molar-refractivity contribution in [2.24, 2.45) is 5.14 Å². The Balaban J connectivity index is 2.99. The molecule has 0 fully saturated rings. The Morgan fingerprint density at radius 1 is 1.29 bits per heavy atom. The van der Waals surface area contributed by atoms with E-state index < -0.39 is 15.3 Å². The lowest BCUT2D eigenvalue weighted by atomic mass is 10.1. The van der Waals surface area contributed by atoms with Gasteiger partial charge >= 0.3 is 0 Å². The number of sulfonamides is 1. The van der Waals surface area contributed by atoms with Crippen LogP contribution in [-0.2, 0) is 16.4 Å². The molecule has 1 unspecified atom stereocenters. The molecule has 0 heterocycles. The summed E-state index contributed by atoms with van der Waals surface area (Å²) in [4.78, 5) is 0. The monoisotopic (exact) mass is 259 g/mol. The minimum atomic E-state index is -3.53. The number of rotatable bonds is 5. The molecule has 6 heteroatoms. The van der Waals surface area contributed by atoms with Crippen molar-refractivity contribution in [3.8, 4) is 11.5 Å². The SMILES string of the molecule is COc1ccc(CC(C)S(N)(=O)=O)c(OC)c1. The van der Waals surface area contributed by atoms with Crippen molar-refractivity contribution in [2.75, 3.05) is 14.2 Å². The van der Waals surface area contributed by atoms with Crippen LogP contribution in [0.1, 0.15) is 12.5 Å². The van der Waals surface area contributed by atoms with E-state index in [-0.39, 0.29) is 0 Å². The Morgan fingerprint density at radius 2 is 1.94 bits per heavy atom.